The number of Topliss-reactive ketones (excluding diaryl/α,β-unsaturated/α-hetero) is 1. The van der Waals surface area contributed by atoms with Gasteiger partial charge in [-0.2, -0.15) is 5.26 Å². The number of nitriles is 1. The second-order valence-electron chi connectivity index (χ2n) is 2.98. The molecule has 2 nitrogen and oxygen atoms in total. The highest BCUT2D eigenvalue weighted by molar-refractivity contribution is 5.97. The summed E-state index contributed by atoms with van der Waals surface area (Å²) in [5.41, 5.74) is 0.480. The van der Waals surface area contributed by atoms with E-state index in [-0.39, 0.29) is 11.1 Å². The van der Waals surface area contributed by atoms with E-state index in [1.54, 1.807) is 13.0 Å². The maximum absolute atomic E-state index is 13.6. The number of nitrogens with zero attached hydrogens (tertiary/aromatic N) is 1. The molecular formula is C11H10FNO. The van der Waals surface area contributed by atoms with Crippen LogP contribution in [0.15, 0.2) is 12.1 Å². The van der Waals surface area contributed by atoms with Gasteiger partial charge in [-0.25, -0.2) is 4.39 Å². The molecule has 72 valence electrons. The summed E-state index contributed by atoms with van der Waals surface area (Å²) in [5.74, 6) is -0.964. The highest BCUT2D eigenvalue weighted by Gasteiger charge is 2.15. The molecule has 0 atom stereocenters. The van der Waals surface area contributed by atoms with Crippen molar-refractivity contribution in [1.82, 2.24) is 0 Å². The lowest BCUT2D eigenvalue weighted by molar-refractivity contribution is 0.101. The number of rotatable bonds is 2. The van der Waals surface area contributed by atoms with Gasteiger partial charge in [0, 0.05) is 0 Å². The van der Waals surface area contributed by atoms with E-state index >= 15 is 0 Å². The van der Waals surface area contributed by atoms with Gasteiger partial charge in [-0.05, 0) is 25.0 Å². The highest BCUT2D eigenvalue weighted by atomic mass is 19.1. The molecule has 0 saturated heterocycles. The molecule has 0 saturated carbocycles. The molecule has 1 aromatic rings. The average Bonchev–Trinajstić information content (AvgIpc) is 2.16. The van der Waals surface area contributed by atoms with E-state index in [9.17, 15) is 9.18 Å². The number of hydrogen-bond donors (Lipinski definition) is 0. The molecule has 1 rings (SSSR count). The quantitative estimate of drug-likeness (QED) is 0.674. The van der Waals surface area contributed by atoms with E-state index < -0.39 is 11.6 Å². The predicted octanol–water partition coefficient (Wildman–Crippen LogP) is 2.46. The van der Waals surface area contributed by atoms with Crippen LogP contribution in [-0.4, -0.2) is 5.78 Å². The third-order valence-corrected chi connectivity index (χ3v) is 2.08. The fourth-order valence-electron chi connectivity index (χ4n) is 1.33. The Balaban J connectivity index is 3.49. The van der Waals surface area contributed by atoms with Gasteiger partial charge in [0.1, 0.15) is 5.82 Å². The molecular weight excluding hydrogens is 181 g/mol. The molecule has 14 heavy (non-hydrogen) atoms. The van der Waals surface area contributed by atoms with Crippen molar-refractivity contribution in [3.8, 4) is 6.07 Å². The number of carbonyl (C=O) groups excluding carboxylic acids is 1. The summed E-state index contributed by atoms with van der Waals surface area (Å²) in [7, 11) is 0. The monoisotopic (exact) mass is 191 g/mol. The lowest BCUT2D eigenvalue weighted by Crippen LogP contribution is -2.04. The standard InChI is InChI=1S/C11H10FNO/c1-3-8-4-5-9(6-13)10(7(2)14)11(8)12/h4-5H,3H2,1-2H3. The van der Waals surface area contributed by atoms with Crippen molar-refractivity contribution in [3.63, 3.8) is 0 Å². The zero-order valence-corrected chi connectivity index (χ0v) is 8.10. The van der Waals surface area contributed by atoms with Gasteiger partial charge in [0.05, 0.1) is 17.2 Å². The van der Waals surface area contributed by atoms with Crippen LogP contribution in [0.1, 0.15) is 35.3 Å². The number of ketones is 1. The minimum Gasteiger partial charge on any atom is -0.294 e. The minimum absolute atomic E-state index is 0.0909. The summed E-state index contributed by atoms with van der Waals surface area (Å²) in [6, 6.07) is 4.83. The van der Waals surface area contributed by atoms with Gasteiger partial charge in [-0.3, -0.25) is 4.79 Å². The lowest BCUT2D eigenvalue weighted by Gasteiger charge is -2.05. The molecule has 3 heteroatoms. The fourth-order valence-corrected chi connectivity index (χ4v) is 1.33. The average molecular weight is 191 g/mol. The van der Waals surface area contributed by atoms with Gasteiger partial charge in [0.15, 0.2) is 5.78 Å². The van der Waals surface area contributed by atoms with Gasteiger partial charge in [0.2, 0.25) is 0 Å². The molecule has 0 aliphatic rings. The zero-order chi connectivity index (χ0) is 10.7. The first-order chi connectivity index (χ1) is 6.61. The Bertz CT molecular complexity index is 418. The normalized spacial score (nSPS) is 9.57. The first-order valence-corrected chi connectivity index (χ1v) is 4.34. The highest BCUT2D eigenvalue weighted by Crippen LogP contribution is 2.18. The van der Waals surface area contributed by atoms with E-state index in [1.807, 2.05) is 6.07 Å². The molecule has 1 aromatic carbocycles. The largest absolute Gasteiger partial charge is 0.294 e. The number of aryl methyl sites for hydroxylation is 1. The summed E-state index contributed by atoms with van der Waals surface area (Å²) in [6.45, 7) is 3.06. The minimum atomic E-state index is -0.556. The van der Waals surface area contributed by atoms with Crippen molar-refractivity contribution < 1.29 is 9.18 Å². The Morgan fingerprint density at radius 2 is 2.21 bits per heavy atom. The Labute approximate surface area is 82.0 Å². The van der Waals surface area contributed by atoms with Crippen LogP contribution < -0.4 is 0 Å². The van der Waals surface area contributed by atoms with E-state index in [0.29, 0.717) is 12.0 Å². The van der Waals surface area contributed by atoms with Crippen LogP contribution in [-0.2, 0) is 6.42 Å². The van der Waals surface area contributed by atoms with Crippen LogP contribution in [0.5, 0.6) is 0 Å². The van der Waals surface area contributed by atoms with Crippen molar-refractivity contribution in [3.05, 3.63) is 34.6 Å². The zero-order valence-electron chi connectivity index (χ0n) is 8.10. The molecule has 0 aromatic heterocycles. The molecule has 0 unspecified atom stereocenters. The maximum Gasteiger partial charge on any atom is 0.164 e. The van der Waals surface area contributed by atoms with Crippen LogP contribution in [0.25, 0.3) is 0 Å². The second kappa shape index (κ2) is 4.01. The summed E-state index contributed by atoms with van der Waals surface area (Å²) < 4.78 is 13.6. The van der Waals surface area contributed by atoms with Crippen molar-refractivity contribution in [2.75, 3.05) is 0 Å². The van der Waals surface area contributed by atoms with Crippen LogP contribution in [0.2, 0.25) is 0 Å². The van der Waals surface area contributed by atoms with E-state index in [1.165, 1.54) is 13.0 Å². The van der Waals surface area contributed by atoms with Gasteiger partial charge in [0.25, 0.3) is 0 Å². The molecule has 0 spiro atoms. The summed E-state index contributed by atoms with van der Waals surface area (Å²) in [5, 5.41) is 8.69. The van der Waals surface area contributed by atoms with Gasteiger partial charge >= 0.3 is 0 Å². The van der Waals surface area contributed by atoms with E-state index in [0.717, 1.165) is 0 Å². The molecule has 0 aliphatic heterocycles. The lowest BCUT2D eigenvalue weighted by atomic mass is 9.99. The van der Waals surface area contributed by atoms with Gasteiger partial charge in [-0.15, -0.1) is 0 Å². The first kappa shape index (κ1) is 10.4. The van der Waals surface area contributed by atoms with E-state index in [4.69, 9.17) is 5.26 Å². The third kappa shape index (κ3) is 1.64. The fraction of sp³-hybridized carbons (Fsp3) is 0.273. The van der Waals surface area contributed by atoms with Gasteiger partial charge < -0.3 is 0 Å². The van der Waals surface area contributed by atoms with Crippen LogP contribution in [0.3, 0.4) is 0 Å². The predicted molar refractivity (Wildman–Crippen MR) is 50.5 cm³/mol. The summed E-state index contributed by atoms with van der Waals surface area (Å²) in [4.78, 5) is 11.1. The van der Waals surface area contributed by atoms with Crippen molar-refractivity contribution in [2.24, 2.45) is 0 Å². The Morgan fingerprint density at radius 3 is 2.64 bits per heavy atom. The Morgan fingerprint density at radius 1 is 1.57 bits per heavy atom. The molecule has 0 fully saturated rings. The SMILES string of the molecule is CCc1ccc(C#N)c(C(C)=O)c1F. The number of carbonyl (C=O) groups is 1. The first-order valence-electron chi connectivity index (χ1n) is 4.34. The maximum atomic E-state index is 13.6. The van der Waals surface area contributed by atoms with Crippen LogP contribution >= 0.6 is 0 Å². The smallest absolute Gasteiger partial charge is 0.164 e. The summed E-state index contributed by atoms with van der Waals surface area (Å²) in [6.07, 6.45) is 0.512. The molecule has 0 aliphatic carbocycles. The molecule has 0 bridgehead atoms. The van der Waals surface area contributed by atoms with Crippen LogP contribution in [0, 0.1) is 17.1 Å². The van der Waals surface area contributed by atoms with Crippen molar-refractivity contribution >= 4 is 5.78 Å². The number of benzene rings is 1. The topological polar surface area (TPSA) is 40.9 Å². The molecule has 0 amide bonds. The Kier molecular flexibility index (Phi) is 2.98. The van der Waals surface area contributed by atoms with E-state index in [2.05, 4.69) is 0 Å². The Hall–Kier alpha value is -1.69. The number of hydrogen-bond acceptors (Lipinski definition) is 2. The van der Waals surface area contributed by atoms with Crippen molar-refractivity contribution in [2.45, 2.75) is 20.3 Å². The van der Waals surface area contributed by atoms with Crippen LogP contribution in [0.4, 0.5) is 4.39 Å². The summed E-state index contributed by atoms with van der Waals surface area (Å²) >= 11 is 0. The molecule has 0 radical (unpaired) electrons. The van der Waals surface area contributed by atoms with Gasteiger partial charge in [-0.1, -0.05) is 13.0 Å². The molecule has 0 N–H and O–H groups in total. The third-order valence-electron chi connectivity index (χ3n) is 2.08. The molecule has 0 heterocycles. The van der Waals surface area contributed by atoms with Crippen molar-refractivity contribution in [1.29, 1.82) is 5.26 Å². The number of halogens is 1. The second-order valence-corrected chi connectivity index (χ2v) is 2.98.